The summed E-state index contributed by atoms with van der Waals surface area (Å²) in [6.45, 7) is 8.70. The summed E-state index contributed by atoms with van der Waals surface area (Å²) in [5, 5.41) is 9.61. The van der Waals surface area contributed by atoms with Crippen LogP contribution in [-0.4, -0.2) is 35.3 Å². The van der Waals surface area contributed by atoms with E-state index in [0.29, 0.717) is 5.02 Å². The number of carbonyl (C=O) groups excluding carboxylic acids is 2. The number of hydrogen-bond acceptors (Lipinski definition) is 4. The molecule has 0 unspecified atom stereocenters. The van der Waals surface area contributed by atoms with E-state index in [0.717, 1.165) is 43.0 Å². The van der Waals surface area contributed by atoms with Gasteiger partial charge in [-0.3, -0.25) is 14.5 Å². The Morgan fingerprint density at radius 1 is 1.20 bits per heavy atom. The highest BCUT2D eigenvalue weighted by Crippen LogP contribution is 2.25. The molecule has 1 aromatic heterocycles. The Labute approximate surface area is 187 Å². The lowest BCUT2D eigenvalue weighted by Crippen LogP contribution is -2.46. The molecule has 7 heteroatoms. The third-order valence-electron chi connectivity index (χ3n) is 5.09. The fraction of sp³-hybridized carbons (Fsp3) is 0.478. The Morgan fingerprint density at radius 3 is 2.57 bits per heavy atom. The summed E-state index contributed by atoms with van der Waals surface area (Å²) in [5.41, 5.74) is 1.83. The minimum absolute atomic E-state index is 0.0674. The normalized spacial score (nSPS) is 15.7. The molecule has 5 nitrogen and oxygen atoms in total. The summed E-state index contributed by atoms with van der Waals surface area (Å²) in [4.78, 5) is 27.1. The number of benzene rings is 1. The van der Waals surface area contributed by atoms with Gasteiger partial charge in [-0.25, -0.2) is 0 Å². The molecule has 1 aliphatic rings. The molecule has 1 aromatic carbocycles. The second-order valence-corrected chi connectivity index (χ2v) is 10.2. The Bertz CT molecular complexity index is 883. The predicted octanol–water partition coefficient (Wildman–Crippen LogP) is 4.71. The number of nitrogens with one attached hydrogen (secondary N) is 2. The molecule has 1 fully saturated rings. The number of rotatable bonds is 6. The van der Waals surface area contributed by atoms with Gasteiger partial charge in [0.05, 0.1) is 11.4 Å². The van der Waals surface area contributed by atoms with Crippen LogP contribution in [0.5, 0.6) is 0 Å². The van der Waals surface area contributed by atoms with Crippen LogP contribution >= 0.6 is 22.9 Å². The molecule has 0 radical (unpaired) electrons. The molecule has 2 amide bonds. The number of anilines is 1. The fourth-order valence-corrected chi connectivity index (χ4v) is 4.62. The fourth-order valence-electron chi connectivity index (χ4n) is 3.60. The van der Waals surface area contributed by atoms with Crippen molar-refractivity contribution < 1.29 is 9.59 Å². The average Bonchev–Trinajstić information content (AvgIpc) is 3.09. The Balaban J connectivity index is 1.45. The molecule has 2 N–H and O–H groups in total. The molecule has 0 aliphatic carbocycles. The number of thiophene rings is 1. The summed E-state index contributed by atoms with van der Waals surface area (Å²) in [7, 11) is 0. The van der Waals surface area contributed by atoms with Gasteiger partial charge in [-0.05, 0) is 75.3 Å². The lowest BCUT2D eigenvalue weighted by atomic mass is 9.94. The van der Waals surface area contributed by atoms with Gasteiger partial charge < -0.3 is 10.6 Å². The van der Waals surface area contributed by atoms with Crippen LogP contribution in [-0.2, 0) is 22.6 Å². The second kappa shape index (κ2) is 9.94. The molecular formula is C23H30ClN3O2S. The highest BCUT2D eigenvalue weighted by molar-refractivity contribution is 7.14. The average molecular weight is 448 g/mol. The highest BCUT2D eigenvalue weighted by atomic mass is 35.5. The van der Waals surface area contributed by atoms with Gasteiger partial charge in [-0.2, -0.15) is 0 Å². The van der Waals surface area contributed by atoms with Gasteiger partial charge in [0, 0.05) is 23.0 Å². The largest absolute Gasteiger partial charge is 0.351 e. The molecule has 0 atom stereocenters. The maximum absolute atomic E-state index is 12.4. The number of hydrogen-bond donors (Lipinski definition) is 2. The van der Waals surface area contributed by atoms with Crippen molar-refractivity contribution in [3.63, 3.8) is 0 Å². The van der Waals surface area contributed by atoms with E-state index in [4.69, 9.17) is 11.6 Å². The Kier molecular flexibility index (Phi) is 7.55. The van der Waals surface area contributed by atoms with Crippen LogP contribution in [0.4, 0.5) is 5.00 Å². The smallest absolute Gasteiger partial charge is 0.229 e. The Hall–Kier alpha value is -1.89. The molecule has 0 saturated carbocycles. The zero-order valence-electron chi connectivity index (χ0n) is 17.8. The summed E-state index contributed by atoms with van der Waals surface area (Å²) < 4.78 is 0. The van der Waals surface area contributed by atoms with E-state index in [1.807, 2.05) is 45.0 Å². The summed E-state index contributed by atoms with van der Waals surface area (Å²) in [5.74, 6) is 0.200. The van der Waals surface area contributed by atoms with Crippen LogP contribution < -0.4 is 10.6 Å². The zero-order chi connectivity index (χ0) is 21.7. The first-order chi connectivity index (χ1) is 14.2. The summed E-state index contributed by atoms with van der Waals surface area (Å²) >= 11 is 7.67. The summed E-state index contributed by atoms with van der Waals surface area (Å²) in [6, 6.07) is 9.44. The first-order valence-electron chi connectivity index (χ1n) is 10.3. The van der Waals surface area contributed by atoms with Gasteiger partial charge in [0.1, 0.15) is 0 Å². The topological polar surface area (TPSA) is 61.4 Å². The molecule has 1 aliphatic heterocycles. The second-order valence-electron chi connectivity index (χ2n) is 8.93. The monoisotopic (exact) mass is 447 g/mol. The predicted molar refractivity (Wildman–Crippen MR) is 124 cm³/mol. The number of likely N-dealkylation sites (tertiary alicyclic amines) is 1. The van der Waals surface area contributed by atoms with Crippen molar-refractivity contribution in [2.45, 2.75) is 52.1 Å². The minimum Gasteiger partial charge on any atom is -0.351 e. The lowest BCUT2D eigenvalue weighted by molar-refractivity contribution is -0.128. The van der Waals surface area contributed by atoms with Crippen LogP contribution in [0, 0.1) is 5.92 Å². The van der Waals surface area contributed by atoms with E-state index in [1.165, 1.54) is 16.9 Å². The number of nitrogens with zero attached hydrogens (tertiary/aromatic N) is 1. The molecule has 2 heterocycles. The van der Waals surface area contributed by atoms with Crippen molar-refractivity contribution in [2.75, 3.05) is 18.4 Å². The third-order valence-corrected chi connectivity index (χ3v) is 6.35. The molecule has 0 bridgehead atoms. The van der Waals surface area contributed by atoms with Crippen LogP contribution in [0.1, 0.15) is 44.7 Å². The van der Waals surface area contributed by atoms with Crippen LogP contribution in [0.25, 0.3) is 0 Å². The first-order valence-corrected chi connectivity index (χ1v) is 11.6. The van der Waals surface area contributed by atoms with Crippen molar-refractivity contribution in [3.05, 3.63) is 51.9 Å². The van der Waals surface area contributed by atoms with Gasteiger partial charge in [0.15, 0.2) is 0 Å². The lowest BCUT2D eigenvalue weighted by Gasteiger charge is -2.32. The summed E-state index contributed by atoms with van der Waals surface area (Å²) in [6.07, 6.45) is 2.03. The Morgan fingerprint density at radius 2 is 1.90 bits per heavy atom. The van der Waals surface area contributed by atoms with E-state index < -0.39 is 0 Å². The van der Waals surface area contributed by atoms with Crippen LogP contribution in [0.2, 0.25) is 5.02 Å². The molecule has 0 spiro atoms. The number of halogens is 1. The standard InChI is InChI=1S/C23H30ClN3O2S/c1-23(2,3)26-22(29)17-8-10-27(11-9-17)14-16-12-21(30-15-16)25-20(28)13-18-6-4-5-7-19(18)24/h4-7,12,15,17H,8-11,13-14H2,1-3H3,(H,25,28)(H,26,29). The maximum Gasteiger partial charge on any atom is 0.229 e. The molecule has 1 saturated heterocycles. The SMILES string of the molecule is CC(C)(C)NC(=O)C1CCN(Cc2csc(NC(=O)Cc3ccccc3Cl)c2)CC1. The van der Waals surface area contributed by atoms with Gasteiger partial charge in [0.25, 0.3) is 0 Å². The van der Waals surface area contributed by atoms with Crippen LogP contribution in [0.15, 0.2) is 35.7 Å². The van der Waals surface area contributed by atoms with Crippen molar-refractivity contribution in [2.24, 2.45) is 5.92 Å². The van der Waals surface area contributed by atoms with Gasteiger partial charge in [-0.15, -0.1) is 11.3 Å². The first kappa shape index (κ1) is 22.8. The van der Waals surface area contributed by atoms with Gasteiger partial charge in [-0.1, -0.05) is 29.8 Å². The van der Waals surface area contributed by atoms with E-state index in [1.54, 1.807) is 6.07 Å². The quantitative estimate of drug-likeness (QED) is 0.674. The van der Waals surface area contributed by atoms with E-state index in [-0.39, 0.29) is 29.7 Å². The third kappa shape index (κ3) is 6.83. The van der Waals surface area contributed by atoms with Crippen molar-refractivity contribution in [3.8, 4) is 0 Å². The highest BCUT2D eigenvalue weighted by Gasteiger charge is 2.27. The number of carbonyl (C=O) groups is 2. The van der Waals surface area contributed by atoms with Gasteiger partial charge in [0.2, 0.25) is 11.8 Å². The molecule has 3 rings (SSSR count). The molecule has 2 aromatic rings. The zero-order valence-corrected chi connectivity index (χ0v) is 19.4. The van der Waals surface area contributed by atoms with Crippen molar-refractivity contribution in [1.29, 1.82) is 0 Å². The van der Waals surface area contributed by atoms with Crippen LogP contribution in [0.3, 0.4) is 0 Å². The van der Waals surface area contributed by atoms with Gasteiger partial charge >= 0.3 is 0 Å². The number of amides is 2. The minimum atomic E-state index is -0.183. The molecular weight excluding hydrogens is 418 g/mol. The number of piperidine rings is 1. The van der Waals surface area contributed by atoms with Crippen molar-refractivity contribution in [1.82, 2.24) is 10.2 Å². The van der Waals surface area contributed by atoms with E-state index in [9.17, 15) is 9.59 Å². The van der Waals surface area contributed by atoms with Crippen molar-refractivity contribution >= 4 is 39.8 Å². The molecule has 30 heavy (non-hydrogen) atoms. The molecule has 162 valence electrons. The van der Waals surface area contributed by atoms with E-state index in [2.05, 4.69) is 20.9 Å². The van der Waals surface area contributed by atoms with E-state index >= 15 is 0 Å². The maximum atomic E-state index is 12.4.